The Labute approximate surface area is 130 Å². The second-order valence-corrected chi connectivity index (χ2v) is 6.00. The van der Waals surface area contributed by atoms with Crippen molar-refractivity contribution in [2.45, 2.75) is 18.8 Å². The van der Waals surface area contributed by atoms with Crippen molar-refractivity contribution in [3.63, 3.8) is 0 Å². The molecule has 1 aliphatic carbocycles. The molecule has 6 nitrogen and oxygen atoms in total. The number of rotatable bonds is 4. The number of carbonyl (C=O) groups excluding carboxylic acids is 1. The molecule has 0 unspecified atom stereocenters. The predicted molar refractivity (Wildman–Crippen MR) is 81.8 cm³/mol. The van der Waals surface area contributed by atoms with Crippen LogP contribution >= 0.6 is 11.3 Å². The van der Waals surface area contributed by atoms with E-state index in [0.717, 1.165) is 23.5 Å². The molecule has 1 N–H and O–H groups in total. The molecular formula is C15H12N4O2S. The molecule has 3 aromatic heterocycles. The molecule has 0 radical (unpaired) electrons. The first-order valence-electron chi connectivity index (χ1n) is 6.94. The maximum absolute atomic E-state index is 12.2. The predicted octanol–water partition coefficient (Wildman–Crippen LogP) is 3.32. The first-order chi connectivity index (χ1) is 10.8. The lowest BCUT2D eigenvalue weighted by molar-refractivity contribution is 0.102. The summed E-state index contributed by atoms with van der Waals surface area (Å²) >= 11 is 1.46. The summed E-state index contributed by atoms with van der Waals surface area (Å²) in [4.78, 5) is 21.3. The van der Waals surface area contributed by atoms with E-state index in [1.54, 1.807) is 24.5 Å². The van der Waals surface area contributed by atoms with E-state index < -0.39 is 0 Å². The maximum atomic E-state index is 12.2. The topological polar surface area (TPSA) is 80.9 Å². The molecule has 0 aliphatic heterocycles. The Kier molecular flexibility index (Phi) is 3.19. The van der Waals surface area contributed by atoms with Gasteiger partial charge in [0.05, 0.1) is 5.69 Å². The zero-order valence-corrected chi connectivity index (χ0v) is 12.3. The van der Waals surface area contributed by atoms with E-state index in [2.05, 4.69) is 20.4 Å². The van der Waals surface area contributed by atoms with Gasteiger partial charge in [-0.1, -0.05) is 5.16 Å². The third-order valence-electron chi connectivity index (χ3n) is 3.43. The van der Waals surface area contributed by atoms with Crippen LogP contribution in [0.15, 0.2) is 40.5 Å². The fourth-order valence-electron chi connectivity index (χ4n) is 2.11. The Morgan fingerprint density at radius 1 is 1.27 bits per heavy atom. The van der Waals surface area contributed by atoms with Gasteiger partial charge in [0.25, 0.3) is 11.8 Å². The molecule has 0 atom stereocenters. The average molecular weight is 312 g/mol. The number of pyridine rings is 1. The van der Waals surface area contributed by atoms with Gasteiger partial charge in [0.15, 0.2) is 5.82 Å². The molecular weight excluding hydrogens is 300 g/mol. The van der Waals surface area contributed by atoms with E-state index in [1.165, 1.54) is 11.3 Å². The summed E-state index contributed by atoms with van der Waals surface area (Å²) < 4.78 is 5.33. The van der Waals surface area contributed by atoms with Crippen molar-refractivity contribution in [3.8, 4) is 10.8 Å². The van der Waals surface area contributed by atoms with Crippen molar-refractivity contribution < 1.29 is 9.32 Å². The molecule has 1 amide bonds. The van der Waals surface area contributed by atoms with E-state index in [9.17, 15) is 4.79 Å². The number of nitrogens with zero attached hydrogens (tertiary/aromatic N) is 3. The number of aromatic nitrogens is 3. The van der Waals surface area contributed by atoms with Crippen molar-refractivity contribution in [2.24, 2.45) is 0 Å². The van der Waals surface area contributed by atoms with Gasteiger partial charge in [-0.05, 0) is 36.4 Å². The third-order valence-corrected chi connectivity index (χ3v) is 4.34. The van der Waals surface area contributed by atoms with Gasteiger partial charge in [-0.15, -0.1) is 11.3 Å². The Hall–Kier alpha value is -2.54. The van der Waals surface area contributed by atoms with Crippen LogP contribution in [0.3, 0.4) is 0 Å². The van der Waals surface area contributed by atoms with Crippen molar-refractivity contribution in [2.75, 3.05) is 5.32 Å². The Morgan fingerprint density at radius 3 is 2.86 bits per heavy atom. The van der Waals surface area contributed by atoms with E-state index in [0.29, 0.717) is 23.1 Å². The molecule has 0 saturated heterocycles. The molecule has 1 fully saturated rings. The molecule has 0 bridgehead atoms. The van der Waals surface area contributed by atoms with E-state index in [4.69, 9.17) is 4.52 Å². The molecule has 0 spiro atoms. The van der Waals surface area contributed by atoms with Crippen LogP contribution in [0.2, 0.25) is 0 Å². The number of carbonyl (C=O) groups is 1. The van der Waals surface area contributed by atoms with Gasteiger partial charge >= 0.3 is 0 Å². The number of thiophene rings is 1. The minimum Gasteiger partial charge on any atom is -0.333 e. The Balaban J connectivity index is 1.58. The Morgan fingerprint density at radius 2 is 2.09 bits per heavy atom. The minimum absolute atomic E-state index is 0.191. The van der Waals surface area contributed by atoms with Crippen LogP contribution in [0.25, 0.3) is 10.8 Å². The van der Waals surface area contributed by atoms with Gasteiger partial charge in [-0.3, -0.25) is 9.78 Å². The lowest BCUT2D eigenvalue weighted by Gasteiger charge is -2.04. The minimum atomic E-state index is -0.191. The monoisotopic (exact) mass is 312 g/mol. The van der Waals surface area contributed by atoms with Gasteiger partial charge in [-0.25, -0.2) is 0 Å². The van der Waals surface area contributed by atoms with E-state index >= 15 is 0 Å². The molecule has 22 heavy (non-hydrogen) atoms. The standard InChI is InChI=1S/C15H12N4O2S/c20-14(10-3-6-16-7-4-10)17-11-5-8-22-12(11)15-18-13(19-21-15)9-1-2-9/h3-9H,1-2H2,(H,17,20). The van der Waals surface area contributed by atoms with Crippen molar-refractivity contribution in [3.05, 3.63) is 47.4 Å². The number of hydrogen-bond acceptors (Lipinski definition) is 6. The summed E-state index contributed by atoms with van der Waals surface area (Å²) in [6.07, 6.45) is 5.41. The van der Waals surface area contributed by atoms with Gasteiger partial charge in [0.2, 0.25) is 0 Å². The number of amides is 1. The molecule has 1 saturated carbocycles. The van der Waals surface area contributed by atoms with Gasteiger partial charge in [-0.2, -0.15) is 4.98 Å². The highest BCUT2D eigenvalue weighted by molar-refractivity contribution is 7.14. The van der Waals surface area contributed by atoms with Gasteiger partial charge in [0.1, 0.15) is 4.88 Å². The summed E-state index contributed by atoms with van der Waals surface area (Å²) in [7, 11) is 0. The summed E-state index contributed by atoms with van der Waals surface area (Å²) in [6.45, 7) is 0. The molecule has 7 heteroatoms. The van der Waals surface area contributed by atoms with Crippen LogP contribution in [-0.4, -0.2) is 21.0 Å². The summed E-state index contributed by atoms with van der Waals surface area (Å²) in [6, 6.07) is 5.17. The SMILES string of the molecule is O=C(Nc1ccsc1-c1nc(C2CC2)no1)c1ccncc1. The number of nitrogens with one attached hydrogen (secondary N) is 1. The van der Waals surface area contributed by atoms with Gasteiger partial charge < -0.3 is 9.84 Å². The maximum Gasteiger partial charge on any atom is 0.270 e. The van der Waals surface area contributed by atoms with E-state index in [1.807, 2.05) is 11.4 Å². The highest BCUT2D eigenvalue weighted by atomic mass is 32.1. The van der Waals surface area contributed by atoms with Gasteiger partial charge in [0, 0.05) is 23.9 Å². The summed E-state index contributed by atoms with van der Waals surface area (Å²) in [5.74, 6) is 1.47. The fourth-order valence-corrected chi connectivity index (χ4v) is 2.88. The third kappa shape index (κ3) is 2.50. The van der Waals surface area contributed by atoms with Crippen LogP contribution in [0.1, 0.15) is 34.9 Å². The zero-order valence-electron chi connectivity index (χ0n) is 11.5. The average Bonchev–Trinajstić information content (AvgIpc) is 3.10. The smallest absolute Gasteiger partial charge is 0.270 e. The zero-order chi connectivity index (χ0) is 14.9. The lowest BCUT2D eigenvalue weighted by Crippen LogP contribution is -2.11. The van der Waals surface area contributed by atoms with Crippen LogP contribution < -0.4 is 5.32 Å². The molecule has 0 aromatic carbocycles. The van der Waals surface area contributed by atoms with E-state index in [-0.39, 0.29) is 5.91 Å². The number of hydrogen-bond donors (Lipinski definition) is 1. The molecule has 3 heterocycles. The largest absolute Gasteiger partial charge is 0.333 e. The fraction of sp³-hybridized carbons (Fsp3) is 0.200. The van der Waals surface area contributed by atoms with Crippen LogP contribution in [0.5, 0.6) is 0 Å². The highest BCUT2D eigenvalue weighted by Crippen LogP contribution is 2.40. The molecule has 3 aromatic rings. The molecule has 110 valence electrons. The van der Waals surface area contributed by atoms with Crippen molar-refractivity contribution >= 4 is 22.9 Å². The summed E-state index contributed by atoms with van der Waals surface area (Å²) in [5, 5.41) is 8.77. The quantitative estimate of drug-likeness (QED) is 0.799. The first-order valence-corrected chi connectivity index (χ1v) is 7.82. The second kappa shape index (κ2) is 5.34. The highest BCUT2D eigenvalue weighted by Gasteiger charge is 2.29. The molecule has 1 aliphatic rings. The normalized spacial score (nSPS) is 14.0. The summed E-state index contributed by atoms with van der Waals surface area (Å²) in [5.41, 5.74) is 1.23. The first kappa shape index (κ1) is 13.1. The molecule has 4 rings (SSSR count). The Bertz CT molecular complexity index is 808. The second-order valence-electron chi connectivity index (χ2n) is 5.09. The van der Waals surface area contributed by atoms with Crippen molar-refractivity contribution in [1.82, 2.24) is 15.1 Å². The van der Waals surface area contributed by atoms with Crippen LogP contribution in [0.4, 0.5) is 5.69 Å². The van der Waals surface area contributed by atoms with Crippen molar-refractivity contribution in [1.29, 1.82) is 0 Å². The van der Waals surface area contributed by atoms with Crippen LogP contribution in [0, 0.1) is 0 Å². The number of anilines is 1. The lowest BCUT2D eigenvalue weighted by atomic mass is 10.2. The van der Waals surface area contributed by atoms with Crippen LogP contribution in [-0.2, 0) is 0 Å².